The van der Waals surface area contributed by atoms with E-state index in [4.69, 9.17) is 4.74 Å². The third-order valence-corrected chi connectivity index (χ3v) is 3.42. The first kappa shape index (κ1) is 15.3. The average Bonchev–Trinajstić information content (AvgIpc) is 2.54. The van der Waals surface area contributed by atoms with Gasteiger partial charge in [0.15, 0.2) is 6.61 Å². The van der Waals surface area contributed by atoms with Crippen LogP contribution in [0.25, 0.3) is 0 Å². The highest BCUT2D eigenvalue weighted by molar-refractivity contribution is 5.92. The van der Waals surface area contributed by atoms with E-state index in [-0.39, 0.29) is 18.4 Å². The predicted octanol–water partition coefficient (Wildman–Crippen LogP) is 1.18. The van der Waals surface area contributed by atoms with E-state index in [1.807, 2.05) is 0 Å². The van der Waals surface area contributed by atoms with Gasteiger partial charge in [-0.2, -0.15) is 0 Å². The second kappa shape index (κ2) is 7.64. The first-order valence-electron chi connectivity index (χ1n) is 7.00. The molecule has 1 amide bonds. The normalized spacial score (nSPS) is 15.3. The number of carbonyl (C=O) groups excluding carboxylic acids is 2. The minimum Gasteiger partial charge on any atom is -0.482 e. The maximum absolute atomic E-state index is 12.1. The van der Waals surface area contributed by atoms with Gasteiger partial charge in [-0.15, -0.1) is 0 Å². The Kier molecular flexibility index (Phi) is 5.57. The SMILES string of the molecule is COC(=O)COc1ccc(NC(=O)C2CCNCC2)cc1. The molecule has 1 aromatic carbocycles. The molecule has 0 spiro atoms. The van der Waals surface area contributed by atoms with E-state index in [1.54, 1.807) is 24.3 Å². The number of rotatable bonds is 5. The van der Waals surface area contributed by atoms with Crippen LogP contribution < -0.4 is 15.4 Å². The molecule has 0 unspecified atom stereocenters. The van der Waals surface area contributed by atoms with Gasteiger partial charge in [0.1, 0.15) is 5.75 Å². The zero-order chi connectivity index (χ0) is 15.1. The number of carbonyl (C=O) groups is 2. The molecule has 1 aliphatic heterocycles. The number of piperidine rings is 1. The molecule has 1 aromatic rings. The molecule has 0 bridgehead atoms. The number of benzene rings is 1. The van der Waals surface area contributed by atoms with Gasteiger partial charge >= 0.3 is 5.97 Å². The van der Waals surface area contributed by atoms with E-state index in [0.717, 1.165) is 31.6 Å². The number of amides is 1. The quantitative estimate of drug-likeness (QED) is 0.797. The molecule has 1 aliphatic rings. The number of ether oxygens (including phenoxy) is 2. The zero-order valence-corrected chi connectivity index (χ0v) is 12.1. The lowest BCUT2D eigenvalue weighted by Crippen LogP contribution is -2.34. The standard InChI is InChI=1S/C15H20N2O4/c1-20-14(18)10-21-13-4-2-12(3-5-13)17-15(19)11-6-8-16-9-7-11/h2-5,11,16H,6-10H2,1H3,(H,17,19). The molecular weight excluding hydrogens is 272 g/mol. The van der Waals surface area contributed by atoms with Crippen molar-refractivity contribution in [3.63, 3.8) is 0 Å². The average molecular weight is 292 g/mol. The summed E-state index contributed by atoms with van der Waals surface area (Å²) in [6, 6.07) is 6.93. The molecule has 0 atom stereocenters. The summed E-state index contributed by atoms with van der Waals surface area (Å²) >= 11 is 0. The van der Waals surface area contributed by atoms with Gasteiger partial charge in [0.2, 0.25) is 5.91 Å². The molecule has 0 radical (unpaired) electrons. The van der Waals surface area contributed by atoms with Gasteiger partial charge in [0.25, 0.3) is 0 Å². The highest BCUT2D eigenvalue weighted by Gasteiger charge is 2.20. The monoisotopic (exact) mass is 292 g/mol. The van der Waals surface area contributed by atoms with Crippen LogP contribution in [0.4, 0.5) is 5.69 Å². The minimum atomic E-state index is -0.432. The minimum absolute atomic E-state index is 0.0553. The molecule has 1 fully saturated rings. The van der Waals surface area contributed by atoms with Crippen LogP contribution in [0.1, 0.15) is 12.8 Å². The highest BCUT2D eigenvalue weighted by Crippen LogP contribution is 2.18. The van der Waals surface area contributed by atoms with Crippen LogP contribution in [0.3, 0.4) is 0 Å². The molecule has 0 aliphatic carbocycles. The van der Waals surface area contributed by atoms with Crippen molar-refractivity contribution in [1.82, 2.24) is 5.32 Å². The van der Waals surface area contributed by atoms with Crippen molar-refractivity contribution in [2.45, 2.75) is 12.8 Å². The van der Waals surface area contributed by atoms with Crippen LogP contribution in [0.5, 0.6) is 5.75 Å². The van der Waals surface area contributed by atoms with Crippen LogP contribution in [-0.2, 0) is 14.3 Å². The Bertz CT molecular complexity index is 481. The highest BCUT2D eigenvalue weighted by atomic mass is 16.6. The smallest absolute Gasteiger partial charge is 0.343 e. The van der Waals surface area contributed by atoms with E-state index in [0.29, 0.717) is 5.75 Å². The van der Waals surface area contributed by atoms with Crippen LogP contribution >= 0.6 is 0 Å². The van der Waals surface area contributed by atoms with Crippen molar-refractivity contribution in [2.24, 2.45) is 5.92 Å². The molecule has 2 rings (SSSR count). The second-order valence-electron chi connectivity index (χ2n) is 4.90. The maximum atomic E-state index is 12.1. The molecule has 0 saturated carbocycles. The zero-order valence-electron chi connectivity index (χ0n) is 12.1. The Hall–Kier alpha value is -2.08. The van der Waals surface area contributed by atoms with Crippen LogP contribution in [0.15, 0.2) is 24.3 Å². The molecular formula is C15H20N2O4. The molecule has 1 heterocycles. The topological polar surface area (TPSA) is 76.7 Å². The largest absolute Gasteiger partial charge is 0.482 e. The molecule has 0 aromatic heterocycles. The lowest BCUT2D eigenvalue weighted by molar-refractivity contribution is -0.142. The van der Waals surface area contributed by atoms with E-state index >= 15 is 0 Å². The fraction of sp³-hybridized carbons (Fsp3) is 0.467. The predicted molar refractivity (Wildman–Crippen MR) is 78.2 cm³/mol. The molecule has 21 heavy (non-hydrogen) atoms. The summed E-state index contributed by atoms with van der Waals surface area (Å²) in [6.45, 7) is 1.65. The molecule has 114 valence electrons. The summed E-state index contributed by atoms with van der Waals surface area (Å²) in [5.41, 5.74) is 0.726. The number of methoxy groups -OCH3 is 1. The summed E-state index contributed by atoms with van der Waals surface area (Å²) in [4.78, 5) is 23.0. The molecule has 1 saturated heterocycles. The summed E-state index contributed by atoms with van der Waals surface area (Å²) in [6.07, 6.45) is 1.73. The number of hydrogen-bond donors (Lipinski definition) is 2. The van der Waals surface area contributed by atoms with Gasteiger partial charge in [-0.3, -0.25) is 4.79 Å². The van der Waals surface area contributed by atoms with Gasteiger partial charge in [-0.25, -0.2) is 4.79 Å². The summed E-state index contributed by atoms with van der Waals surface area (Å²) in [5, 5.41) is 6.14. The van der Waals surface area contributed by atoms with Crippen molar-refractivity contribution in [3.8, 4) is 5.75 Å². The van der Waals surface area contributed by atoms with Gasteiger partial charge in [-0.1, -0.05) is 0 Å². The van der Waals surface area contributed by atoms with Gasteiger partial charge < -0.3 is 20.1 Å². The third-order valence-electron chi connectivity index (χ3n) is 3.42. The molecule has 2 N–H and O–H groups in total. The maximum Gasteiger partial charge on any atom is 0.343 e. The first-order chi connectivity index (χ1) is 10.2. The van der Waals surface area contributed by atoms with Gasteiger partial charge in [0.05, 0.1) is 7.11 Å². The van der Waals surface area contributed by atoms with Crippen LogP contribution in [0, 0.1) is 5.92 Å². The number of hydrogen-bond acceptors (Lipinski definition) is 5. The van der Waals surface area contributed by atoms with Crippen molar-refractivity contribution < 1.29 is 19.1 Å². The number of anilines is 1. The first-order valence-corrected chi connectivity index (χ1v) is 7.00. The van der Waals surface area contributed by atoms with E-state index in [2.05, 4.69) is 15.4 Å². The van der Waals surface area contributed by atoms with Crippen LogP contribution in [-0.4, -0.2) is 38.7 Å². The van der Waals surface area contributed by atoms with Gasteiger partial charge in [0, 0.05) is 11.6 Å². The Labute approximate surface area is 123 Å². The molecule has 6 nitrogen and oxygen atoms in total. The summed E-state index contributed by atoms with van der Waals surface area (Å²) in [7, 11) is 1.31. The Balaban J connectivity index is 1.84. The lowest BCUT2D eigenvalue weighted by Gasteiger charge is -2.21. The third kappa shape index (κ3) is 4.75. The Morgan fingerprint density at radius 3 is 2.52 bits per heavy atom. The van der Waals surface area contributed by atoms with Gasteiger partial charge in [-0.05, 0) is 50.2 Å². The van der Waals surface area contributed by atoms with E-state index in [9.17, 15) is 9.59 Å². The lowest BCUT2D eigenvalue weighted by atomic mass is 9.97. The Morgan fingerprint density at radius 2 is 1.90 bits per heavy atom. The van der Waals surface area contributed by atoms with Crippen molar-refractivity contribution in [1.29, 1.82) is 0 Å². The fourth-order valence-corrected chi connectivity index (χ4v) is 2.16. The second-order valence-corrected chi connectivity index (χ2v) is 4.90. The van der Waals surface area contributed by atoms with Crippen molar-refractivity contribution in [3.05, 3.63) is 24.3 Å². The molecule has 6 heteroatoms. The van der Waals surface area contributed by atoms with E-state index in [1.165, 1.54) is 7.11 Å². The fourth-order valence-electron chi connectivity index (χ4n) is 2.16. The van der Waals surface area contributed by atoms with Crippen molar-refractivity contribution >= 4 is 17.6 Å². The summed E-state index contributed by atoms with van der Waals surface area (Å²) in [5.74, 6) is 0.250. The van der Waals surface area contributed by atoms with Crippen LogP contribution in [0.2, 0.25) is 0 Å². The van der Waals surface area contributed by atoms with E-state index < -0.39 is 5.97 Å². The van der Waals surface area contributed by atoms with Crippen molar-refractivity contribution in [2.75, 3.05) is 32.1 Å². The number of esters is 1. The Morgan fingerprint density at radius 1 is 1.24 bits per heavy atom. The number of nitrogens with one attached hydrogen (secondary N) is 2. The summed E-state index contributed by atoms with van der Waals surface area (Å²) < 4.78 is 9.73.